The Labute approximate surface area is 218 Å². The minimum absolute atomic E-state index is 0.0768. The molecule has 0 radical (unpaired) electrons. The molecule has 9 nitrogen and oxygen atoms in total. The summed E-state index contributed by atoms with van der Waals surface area (Å²) in [5.74, 6) is -2.28. The third kappa shape index (κ3) is 5.88. The molecule has 0 bridgehead atoms. The van der Waals surface area contributed by atoms with Crippen LogP contribution in [0.15, 0.2) is 42.5 Å². The molecule has 1 aromatic heterocycles. The Morgan fingerprint density at radius 1 is 1.19 bits per heavy atom. The van der Waals surface area contributed by atoms with Gasteiger partial charge in [0.25, 0.3) is 11.8 Å². The van der Waals surface area contributed by atoms with Gasteiger partial charge in [-0.25, -0.2) is 4.39 Å². The summed E-state index contributed by atoms with van der Waals surface area (Å²) in [6.45, 7) is 7.45. The molecule has 11 heteroatoms. The molecule has 0 fully saturated rings. The zero-order valence-electron chi connectivity index (χ0n) is 21.3. The predicted molar refractivity (Wildman–Crippen MR) is 141 cm³/mol. The van der Waals surface area contributed by atoms with E-state index in [1.54, 1.807) is 18.2 Å². The number of aromatic nitrogens is 1. The second-order valence-corrected chi connectivity index (χ2v) is 9.94. The van der Waals surface area contributed by atoms with Gasteiger partial charge in [0.2, 0.25) is 5.91 Å². The van der Waals surface area contributed by atoms with Gasteiger partial charge in [-0.3, -0.25) is 19.3 Å². The molecule has 5 N–H and O–H groups in total. The summed E-state index contributed by atoms with van der Waals surface area (Å²) < 4.78 is 23.4. The molecule has 3 rings (SSSR count). The first kappa shape index (κ1) is 27.6. The third-order valence-electron chi connectivity index (χ3n) is 6.01. The number of ether oxygens (including phenoxy) is 1. The van der Waals surface area contributed by atoms with Crippen LogP contribution in [0, 0.1) is 12.7 Å². The van der Waals surface area contributed by atoms with Crippen LogP contribution in [0.25, 0.3) is 0 Å². The van der Waals surface area contributed by atoms with Crippen LogP contribution in [-0.2, 0) is 4.79 Å². The first-order valence-electron chi connectivity index (χ1n) is 11.5. The lowest BCUT2D eigenvalue weighted by molar-refractivity contribution is -0.124. The van der Waals surface area contributed by atoms with Crippen LogP contribution in [0.1, 0.15) is 64.5 Å². The Bertz CT molecular complexity index is 1320. The maximum atomic E-state index is 14.2. The molecule has 1 heterocycles. The Morgan fingerprint density at radius 2 is 1.84 bits per heavy atom. The molecule has 3 aromatic rings. The molecule has 2 aromatic carbocycles. The molecule has 0 spiro atoms. The highest BCUT2D eigenvalue weighted by atomic mass is 32.1. The van der Waals surface area contributed by atoms with Crippen molar-refractivity contribution < 1.29 is 23.5 Å². The Kier molecular flexibility index (Phi) is 8.17. The monoisotopic (exact) mass is 527 g/mol. The fraction of sp³-hybridized carbons (Fsp3) is 0.308. The average molecular weight is 528 g/mol. The van der Waals surface area contributed by atoms with Crippen LogP contribution < -0.4 is 26.4 Å². The molecule has 0 aliphatic heterocycles. The Balaban J connectivity index is 2.31. The van der Waals surface area contributed by atoms with Gasteiger partial charge >= 0.3 is 0 Å². The van der Waals surface area contributed by atoms with Crippen LogP contribution in [0.3, 0.4) is 0 Å². The summed E-state index contributed by atoms with van der Waals surface area (Å²) in [5.41, 5.74) is 11.8. The van der Waals surface area contributed by atoms with E-state index >= 15 is 0 Å². The number of nitrogens with zero attached hydrogens (tertiary/aromatic N) is 2. The lowest BCUT2D eigenvalue weighted by Gasteiger charge is -2.35. The number of halogens is 1. The smallest absolute Gasteiger partial charge is 0.273 e. The quantitative estimate of drug-likeness (QED) is 0.385. The highest BCUT2D eigenvalue weighted by Gasteiger charge is 2.38. The van der Waals surface area contributed by atoms with Crippen molar-refractivity contribution in [1.29, 1.82) is 0 Å². The highest BCUT2D eigenvalue weighted by molar-refractivity contribution is 7.09. The molecule has 0 saturated heterocycles. The molecule has 1 unspecified atom stereocenters. The van der Waals surface area contributed by atoms with Crippen LogP contribution in [-0.4, -0.2) is 34.7 Å². The third-order valence-corrected chi connectivity index (χ3v) is 6.86. The van der Waals surface area contributed by atoms with Crippen LogP contribution in [0.5, 0.6) is 5.75 Å². The lowest BCUT2D eigenvalue weighted by atomic mass is 9.97. The number of nitrogens with two attached hydrogens (primary N) is 2. The van der Waals surface area contributed by atoms with Gasteiger partial charge in [0.05, 0.1) is 18.5 Å². The van der Waals surface area contributed by atoms with E-state index in [0.717, 1.165) is 5.56 Å². The molecule has 0 aliphatic carbocycles. The van der Waals surface area contributed by atoms with Crippen molar-refractivity contribution in [2.24, 2.45) is 5.73 Å². The summed E-state index contributed by atoms with van der Waals surface area (Å²) in [7, 11) is 1.44. The topological polar surface area (TPSA) is 141 Å². The van der Waals surface area contributed by atoms with Gasteiger partial charge < -0.3 is 21.5 Å². The predicted octanol–water partition coefficient (Wildman–Crippen LogP) is 3.97. The van der Waals surface area contributed by atoms with Gasteiger partial charge in [0, 0.05) is 5.54 Å². The van der Waals surface area contributed by atoms with E-state index < -0.39 is 35.1 Å². The summed E-state index contributed by atoms with van der Waals surface area (Å²) in [4.78, 5) is 41.0. The summed E-state index contributed by atoms with van der Waals surface area (Å²) in [6.07, 6.45) is 0.611. The molecule has 0 aliphatic rings. The second-order valence-electron chi connectivity index (χ2n) is 9.17. The fourth-order valence-corrected chi connectivity index (χ4v) is 4.39. The maximum absolute atomic E-state index is 14.2. The van der Waals surface area contributed by atoms with Crippen molar-refractivity contribution in [3.63, 3.8) is 0 Å². The normalized spacial score (nSPS) is 12.1. The number of carbonyl (C=O) groups is 3. The molecule has 1 atom stereocenters. The largest absolute Gasteiger partial charge is 0.495 e. The number of hydrogen-bond acceptors (Lipinski definition) is 7. The molecule has 196 valence electrons. The number of anilines is 2. The number of hydrogen-bond donors (Lipinski definition) is 3. The zero-order valence-corrected chi connectivity index (χ0v) is 22.1. The SMILES string of the molecule is CCC(C)(C)NC(=O)C(c1ccc(F)cc1)N(C(=O)c1snc(C(N)=O)c1N)c1cc(C)ccc1OC. The Hall–Kier alpha value is -3.99. The first-order chi connectivity index (χ1) is 17.4. The maximum Gasteiger partial charge on any atom is 0.273 e. The number of aryl methyl sites for hydroxylation is 1. The highest BCUT2D eigenvalue weighted by Crippen LogP contribution is 2.39. The summed E-state index contributed by atoms with van der Waals surface area (Å²) in [5, 5.41) is 2.98. The summed E-state index contributed by atoms with van der Waals surface area (Å²) in [6, 6.07) is 9.20. The van der Waals surface area contributed by atoms with E-state index in [-0.39, 0.29) is 21.9 Å². The number of carbonyl (C=O) groups excluding carboxylic acids is 3. The van der Waals surface area contributed by atoms with Crippen molar-refractivity contribution in [2.45, 2.75) is 45.7 Å². The van der Waals surface area contributed by atoms with E-state index in [0.29, 0.717) is 29.3 Å². The van der Waals surface area contributed by atoms with Crippen LogP contribution >= 0.6 is 11.5 Å². The van der Waals surface area contributed by atoms with E-state index in [4.69, 9.17) is 16.2 Å². The fourth-order valence-electron chi connectivity index (χ4n) is 3.65. The molecular weight excluding hydrogens is 497 g/mol. The molecular formula is C26H30FN5O4S. The van der Waals surface area contributed by atoms with E-state index in [1.165, 1.54) is 36.3 Å². The van der Waals surface area contributed by atoms with Gasteiger partial charge in [-0.15, -0.1) is 0 Å². The summed E-state index contributed by atoms with van der Waals surface area (Å²) >= 11 is 0.698. The minimum atomic E-state index is -1.26. The van der Waals surface area contributed by atoms with Gasteiger partial charge in [0.15, 0.2) is 5.69 Å². The van der Waals surface area contributed by atoms with Crippen molar-refractivity contribution in [2.75, 3.05) is 17.7 Å². The lowest BCUT2D eigenvalue weighted by Crippen LogP contribution is -2.50. The van der Waals surface area contributed by atoms with Crippen LogP contribution in [0.4, 0.5) is 15.8 Å². The number of primary amides is 1. The van der Waals surface area contributed by atoms with Crippen molar-refractivity contribution in [3.05, 3.63) is 70.0 Å². The van der Waals surface area contributed by atoms with Gasteiger partial charge in [-0.05, 0) is 74.1 Å². The minimum Gasteiger partial charge on any atom is -0.495 e. The van der Waals surface area contributed by atoms with E-state index in [9.17, 15) is 18.8 Å². The zero-order chi connectivity index (χ0) is 27.5. The van der Waals surface area contributed by atoms with E-state index in [2.05, 4.69) is 9.69 Å². The van der Waals surface area contributed by atoms with Gasteiger partial charge in [-0.2, -0.15) is 4.37 Å². The number of benzene rings is 2. The standard InChI is InChI=1S/C26H30FN5O4S/c1-6-26(3,4)30-24(34)21(15-8-10-16(27)11-9-15)32(17-13-14(2)7-12-18(17)36-5)25(35)22-19(28)20(23(29)33)31-37-22/h7-13,21H,6,28H2,1-5H3,(H2,29,33)(H,30,34). The van der Waals surface area contributed by atoms with Gasteiger partial charge in [-0.1, -0.05) is 25.1 Å². The number of nitrogen functional groups attached to an aromatic ring is 1. The first-order valence-corrected chi connectivity index (χ1v) is 12.3. The molecule has 0 saturated carbocycles. The van der Waals surface area contributed by atoms with Crippen LogP contribution in [0.2, 0.25) is 0 Å². The van der Waals surface area contributed by atoms with Gasteiger partial charge in [0.1, 0.15) is 22.5 Å². The number of rotatable bonds is 9. The average Bonchev–Trinajstić information content (AvgIpc) is 3.24. The Morgan fingerprint density at radius 3 is 2.38 bits per heavy atom. The van der Waals surface area contributed by atoms with Crippen molar-refractivity contribution >= 4 is 40.6 Å². The number of amides is 3. The second kappa shape index (κ2) is 11.0. The van der Waals surface area contributed by atoms with Crippen molar-refractivity contribution in [1.82, 2.24) is 9.69 Å². The van der Waals surface area contributed by atoms with Crippen molar-refractivity contribution in [3.8, 4) is 5.75 Å². The van der Waals surface area contributed by atoms with E-state index in [1.807, 2.05) is 27.7 Å². The molecule has 3 amide bonds. The molecule has 37 heavy (non-hydrogen) atoms. The number of nitrogens with one attached hydrogen (secondary N) is 1. The number of methoxy groups -OCH3 is 1.